The van der Waals surface area contributed by atoms with Gasteiger partial charge in [0.25, 0.3) is 0 Å². The number of thiophene rings is 1. The van der Waals surface area contributed by atoms with Gasteiger partial charge in [0.2, 0.25) is 0 Å². The summed E-state index contributed by atoms with van der Waals surface area (Å²) in [5.41, 5.74) is 2.63. The van der Waals surface area contributed by atoms with Crippen molar-refractivity contribution in [1.29, 1.82) is 0 Å². The summed E-state index contributed by atoms with van der Waals surface area (Å²) in [7, 11) is 0. The van der Waals surface area contributed by atoms with Crippen LogP contribution in [0.1, 0.15) is 31.0 Å². The molecular formula is C16H22N2S. The lowest BCUT2D eigenvalue weighted by molar-refractivity contribution is 0.474. The lowest BCUT2D eigenvalue weighted by Gasteiger charge is -2.18. The Morgan fingerprint density at radius 1 is 1.32 bits per heavy atom. The van der Waals surface area contributed by atoms with Gasteiger partial charge in [-0.25, -0.2) is 0 Å². The van der Waals surface area contributed by atoms with Crippen molar-refractivity contribution in [1.82, 2.24) is 10.3 Å². The lowest BCUT2D eigenvalue weighted by atomic mass is 10.0. The van der Waals surface area contributed by atoms with Crippen LogP contribution in [-0.4, -0.2) is 17.6 Å². The molecule has 1 atom stereocenters. The first-order valence-corrected chi connectivity index (χ1v) is 7.97. The highest BCUT2D eigenvalue weighted by atomic mass is 32.1. The Kier molecular flexibility index (Phi) is 6.05. The van der Waals surface area contributed by atoms with Gasteiger partial charge in [0.1, 0.15) is 0 Å². The van der Waals surface area contributed by atoms with Crippen LogP contribution < -0.4 is 5.32 Å². The number of hydrogen-bond acceptors (Lipinski definition) is 3. The first-order chi connectivity index (χ1) is 9.38. The monoisotopic (exact) mass is 274 g/mol. The summed E-state index contributed by atoms with van der Waals surface area (Å²) >= 11 is 1.78. The number of pyridine rings is 1. The van der Waals surface area contributed by atoms with Crippen molar-refractivity contribution in [3.8, 4) is 0 Å². The van der Waals surface area contributed by atoms with Crippen LogP contribution in [0.15, 0.2) is 41.2 Å². The predicted octanol–water partition coefficient (Wildman–Crippen LogP) is 3.69. The molecule has 2 aromatic heterocycles. The number of aromatic nitrogens is 1. The molecule has 2 nitrogen and oxygen atoms in total. The fraction of sp³-hybridized carbons (Fsp3) is 0.438. The molecule has 0 radical (unpaired) electrons. The summed E-state index contributed by atoms with van der Waals surface area (Å²) in [6.45, 7) is 3.30. The van der Waals surface area contributed by atoms with Crippen molar-refractivity contribution >= 4 is 11.3 Å². The Labute approximate surface area is 119 Å². The van der Waals surface area contributed by atoms with Crippen LogP contribution in [-0.2, 0) is 12.8 Å². The lowest BCUT2D eigenvalue weighted by Crippen LogP contribution is -2.32. The second-order valence-electron chi connectivity index (χ2n) is 4.85. The van der Waals surface area contributed by atoms with Gasteiger partial charge in [-0.2, -0.15) is 11.3 Å². The topological polar surface area (TPSA) is 24.9 Å². The highest BCUT2D eigenvalue weighted by Gasteiger charge is 2.09. The predicted molar refractivity (Wildman–Crippen MR) is 82.7 cm³/mol. The molecule has 2 rings (SSSR count). The van der Waals surface area contributed by atoms with E-state index in [4.69, 9.17) is 0 Å². The average molecular weight is 274 g/mol. The molecule has 0 saturated heterocycles. The first kappa shape index (κ1) is 14.2. The molecule has 0 spiro atoms. The van der Waals surface area contributed by atoms with Crippen molar-refractivity contribution in [2.75, 3.05) is 6.54 Å². The molecule has 19 heavy (non-hydrogen) atoms. The van der Waals surface area contributed by atoms with Gasteiger partial charge in [0.05, 0.1) is 0 Å². The van der Waals surface area contributed by atoms with Crippen LogP contribution >= 0.6 is 11.3 Å². The minimum Gasteiger partial charge on any atom is -0.314 e. The third kappa shape index (κ3) is 5.13. The van der Waals surface area contributed by atoms with E-state index >= 15 is 0 Å². The molecule has 0 saturated carbocycles. The number of nitrogens with one attached hydrogen (secondary N) is 1. The maximum absolute atomic E-state index is 4.43. The molecule has 0 aliphatic carbocycles. The van der Waals surface area contributed by atoms with Gasteiger partial charge in [-0.15, -0.1) is 0 Å². The van der Waals surface area contributed by atoms with E-state index in [9.17, 15) is 0 Å². The van der Waals surface area contributed by atoms with Crippen molar-refractivity contribution in [2.24, 2.45) is 0 Å². The third-order valence-electron chi connectivity index (χ3n) is 3.23. The molecule has 0 amide bonds. The molecule has 3 heteroatoms. The van der Waals surface area contributed by atoms with Gasteiger partial charge in [0, 0.05) is 24.4 Å². The SMILES string of the molecule is CCCNC(CCc1ccsc1)Cc1ccccn1. The molecule has 2 heterocycles. The van der Waals surface area contributed by atoms with Crippen LogP contribution in [0.2, 0.25) is 0 Å². The molecule has 1 N–H and O–H groups in total. The van der Waals surface area contributed by atoms with E-state index in [-0.39, 0.29) is 0 Å². The van der Waals surface area contributed by atoms with Crippen molar-refractivity contribution in [2.45, 2.75) is 38.6 Å². The standard InChI is InChI=1S/C16H22N2S/c1-2-9-17-16(7-6-14-8-11-19-13-14)12-15-5-3-4-10-18-15/h3-5,8,10-11,13,16-17H,2,6-7,9,12H2,1H3. The third-order valence-corrected chi connectivity index (χ3v) is 3.96. The Morgan fingerprint density at radius 3 is 2.95 bits per heavy atom. The normalized spacial score (nSPS) is 12.5. The van der Waals surface area contributed by atoms with Crippen LogP contribution in [0.4, 0.5) is 0 Å². The zero-order valence-corrected chi connectivity index (χ0v) is 12.3. The average Bonchev–Trinajstić information content (AvgIpc) is 2.96. The van der Waals surface area contributed by atoms with E-state index in [1.165, 1.54) is 24.1 Å². The zero-order chi connectivity index (χ0) is 13.3. The van der Waals surface area contributed by atoms with Gasteiger partial charge in [0.15, 0.2) is 0 Å². The molecule has 0 bridgehead atoms. The smallest absolute Gasteiger partial charge is 0.0419 e. The second-order valence-corrected chi connectivity index (χ2v) is 5.63. The number of nitrogens with zero attached hydrogens (tertiary/aromatic N) is 1. The van der Waals surface area contributed by atoms with Crippen LogP contribution in [0.25, 0.3) is 0 Å². The van der Waals surface area contributed by atoms with E-state index in [1.54, 1.807) is 11.3 Å². The van der Waals surface area contributed by atoms with Gasteiger partial charge in [-0.3, -0.25) is 4.98 Å². The van der Waals surface area contributed by atoms with E-state index in [0.29, 0.717) is 6.04 Å². The van der Waals surface area contributed by atoms with Crippen LogP contribution in [0, 0.1) is 0 Å². The Morgan fingerprint density at radius 2 is 2.26 bits per heavy atom. The molecule has 2 aromatic rings. The number of hydrogen-bond donors (Lipinski definition) is 1. The zero-order valence-electron chi connectivity index (χ0n) is 11.5. The van der Waals surface area contributed by atoms with E-state index in [2.05, 4.69) is 46.2 Å². The summed E-state index contributed by atoms with van der Waals surface area (Å²) < 4.78 is 0. The Bertz CT molecular complexity index is 439. The number of aryl methyl sites for hydroxylation is 1. The quantitative estimate of drug-likeness (QED) is 0.794. The van der Waals surface area contributed by atoms with Crippen LogP contribution in [0.5, 0.6) is 0 Å². The van der Waals surface area contributed by atoms with Gasteiger partial charge < -0.3 is 5.32 Å². The highest BCUT2D eigenvalue weighted by molar-refractivity contribution is 7.07. The van der Waals surface area contributed by atoms with Crippen molar-refractivity contribution < 1.29 is 0 Å². The molecule has 0 aliphatic rings. The fourth-order valence-electron chi connectivity index (χ4n) is 2.17. The van der Waals surface area contributed by atoms with Gasteiger partial charge >= 0.3 is 0 Å². The maximum Gasteiger partial charge on any atom is 0.0419 e. The molecular weight excluding hydrogens is 252 g/mol. The van der Waals surface area contributed by atoms with E-state index in [1.807, 2.05) is 12.3 Å². The van der Waals surface area contributed by atoms with Crippen molar-refractivity contribution in [3.63, 3.8) is 0 Å². The summed E-state index contributed by atoms with van der Waals surface area (Å²) in [6.07, 6.45) is 6.40. The van der Waals surface area contributed by atoms with Gasteiger partial charge in [-0.05, 0) is 60.3 Å². The summed E-state index contributed by atoms with van der Waals surface area (Å²) in [6, 6.07) is 8.91. The van der Waals surface area contributed by atoms with Crippen molar-refractivity contribution in [3.05, 3.63) is 52.5 Å². The van der Waals surface area contributed by atoms with E-state index in [0.717, 1.165) is 19.4 Å². The Hall–Kier alpha value is -1.19. The number of rotatable bonds is 8. The minimum absolute atomic E-state index is 0.523. The summed E-state index contributed by atoms with van der Waals surface area (Å²) in [5, 5.41) is 8.05. The van der Waals surface area contributed by atoms with Gasteiger partial charge in [-0.1, -0.05) is 13.0 Å². The minimum atomic E-state index is 0.523. The highest BCUT2D eigenvalue weighted by Crippen LogP contribution is 2.12. The molecule has 0 aromatic carbocycles. The second kappa shape index (κ2) is 8.08. The molecule has 0 fully saturated rings. The fourth-order valence-corrected chi connectivity index (χ4v) is 2.88. The van der Waals surface area contributed by atoms with E-state index < -0.39 is 0 Å². The maximum atomic E-state index is 4.43. The Balaban J connectivity index is 1.87. The molecule has 1 unspecified atom stereocenters. The largest absolute Gasteiger partial charge is 0.314 e. The van der Waals surface area contributed by atoms with Crippen LogP contribution in [0.3, 0.4) is 0 Å². The summed E-state index contributed by atoms with van der Waals surface area (Å²) in [5.74, 6) is 0. The summed E-state index contributed by atoms with van der Waals surface area (Å²) in [4.78, 5) is 4.43. The molecule has 102 valence electrons. The first-order valence-electron chi connectivity index (χ1n) is 7.03. The molecule has 0 aliphatic heterocycles.